The van der Waals surface area contributed by atoms with Crippen LogP contribution in [0.3, 0.4) is 0 Å². The van der Waals surface area contributed by atoms with Crippen molar-refractivity contribution in [1.82, 2.24) is 0 Å². The summed E-state index contributed by atoms with van der Waals surface area (Å²) in [5.41, 5.74) is -0.461. The Kier molecular flexibility index (Phi) is 2.07. The number of nitrogens with zero attached hydrogens (tertiary/aromatic N) is 2. The Morgan fingerprint density at radius 3 is 2.42 bits per heavy atom. The van der Waals surface area contributed by atoms with Gasteiger partial charge in [-0.3, -0.25) is 0 Å². The van der Waals surface area contributed by atoms with Crippen molar-refractivity contribution in [1.29, 1.82) is 0 Å². The molecule has 0 N–H and O–H groups in total. The van der Waals surface area contributed by atoms with Crippen molar-refractivity contribution < 1.29 is 8.42 Å². The molecule has 1 aliphatic rings. The predicted octanol–water partition coefficient (Wildman–Crippen LogP) is 1.51. The molecule has 0 bridgehead atoms. The second kappa shape index (κ2) is 2.65. The van der Waals surface area contributed by atoms with Crippen molar-refractivity contribution in [3.8, 4) is 0 Å². The Morgan fingerprint density at radius 1 is 1.50 bits per heavy atom. The van der Waals surface area contributed by atoms with E-state index in [-0.39, 0.29) is 10.8 Å². The quantitative estimate of drug-likeness (QED) is 0.659. The summed E-state index contributed by atoms with van der Waals surface area (Å²) in [6.45, 7) is 5.22. The highest BCUT2D eigenvalue weighted by Gasteiger charge is 2.26. The topological polar surface area (TPSA) is 58.9 Å². The van der Waals surface area contributed by atoms with Gasteiger partial charge in [-0.05, 0) is 19.9 Å². The van der Waals surface area contributed by atoms with Gasteiger partial charge in [0.15, 0.2) is 14.9 Å². The summed E-state index contributed by atoms with van der Waals surface area (Å²) in [4.78, 5) is 0. The summed E-state index contributed by atoms with van der Waals surface area (Å²) in [6, 6.07) is 0. The SMILES string of the molecule is CCS(=O)(=O)C1=CC(C)(C)N=N1. The monoisotopic (exact) mass is 188 g/mol. The molecule has 12 heavy (non-hydrogen) atoms. The average molecular weight is 188 g/mol. The van der Waals surface area contributed by atoms with Crippen LogP contribution in [0.5, 0.6) is 0 Å². The number of rotatable bonds is 2. The molecule has 0 saturated heterocycles. The van der Waals surface area contributed by atoms with Gasteiger partial charge in [-0.25, -0.2) is 8.42 Å². The van der Waals surface area contributed by atoms with E-state index in [1.54, 1.807) is 13.0 Å². The molecule has 0 aromatic carbocycles. The molecule has 0 radical (unpaired) electrons. The van der Waals surface area contributed by atoms with E-state index in [4.69, 9.17) is 0 Å². The third-order valence-electron chi connectivity index (χ3n) is 1.58. The number of azo groups is 1. The van der Waals surface area contributed by atoms with Crippen molar-refractivity contribution >= 4 is 9.84 Å². The van der Waals surface area contributed by atoms with Gasteiger partial charge in [0.25, 0.3) is 0 Å². The van der Waals surface area contributed by atoms with Crippen molar-refractivity contribution in [3.05, 3.63) is 11.1 Å². The largest absolute Gasteiger partial charge is 0.222 e. The summed E-state index contributed by atoms with van der Waals surface area (Å²) in [7, 11) is -3.17. The molecule has 0 atom stereocenters. The third kappa shape index (κ3) is 1.72. The molecule has 1 aliphatic heterocycles. The number of sulfone groups is 1. The van der Waals surface area contributed by atoms with Gasteiger partial charge in [-0.15, -0.1) is 5.11 Å². The molecule has 5 heteroatoms. The van der Waals surface area contributed by atoms with Gasteiger partial charge in [-0.1, -0.05) is 6.92 Å². The van der Waals surface area contributed by atoms with Crippen LogP contribution >= 0.6 is 0 Å². The molecule has 0 amide bonds. The average Bonchev–Trinajstić information content (AvgIpc) is 2.31. The zero-order chi connectivity index (χ0) is 9.41. The van der Waals surface area contributed by atoms with Crippen molar-refractivity contribution in [2.24, 2.45) is 10.2 Å². The summed E-state index contributed by atoms with van der Waals surface area (Å²) < 4.78 is 22.5. The molecular weight excluding hydrogens is 176 g/mol. The van der Waals surface area contributed by atoms with Crippen LogP contribution in [-0.4, -0.2) is 19.7 Å². The van der Waals surface area contributed by atoms with E-state index in [0.717, 1.165) is 0 Å². The van der Waals surface area contributed by atoms with E-state index >= 15 is 0 Å². The summed E-state index contributed by atoms with van der Waals surface area (Å²) in [5.74, 6) is 0.0773. The first kappa shape index (κ1) is 9.38. The molecule has 0 fully saturated rings. The van der Waals surface area contributed by atoms with Gasteiger partial charge >= 0.3 is 0 Å². The highest BCUT2D eigenvalue weighted by Crippen LogP contribution is 2.26. The fourth-order valence-electron chi connectivity index (χ4n) is 0.838. The van der Waals surface area contributed by atoms with Gasteiger partial charge in [-0.2, -0.15) is 5.11 Å². The second-order valence-electron chi connectivity index (χ2n) is 3.24. The van der Waals surface area contributed by atoms with E-state index in [9.17, 15) is 8.42 Å². The second-order valence-corrected chi connectivity index (χ2v) is 5.46. The Balaban J connectivity index is 3.05. The van der Waals surface area contributed by atoms with Crippen LogP contribution in [0.2, 0.25) is 0 Å². The lowest BCUT2D eigenvalue weighted by molar-refractivity contribution is 0.602. The standard InChI is InChI=1S/C7H12N2O2S/c1-4-12(10,11)6-5-7(2,3)9-8-6/h5H,4H2,1-3H3. The van der Waals surface area contributed by atoms with Gasteiger partial charge in [0.05, 0.1) is 11.3 Å². The predicted molar refractivity (Wildman–Crippen MR) is 46.5 cm³/mol. The minimum absolute atomic E-state index is 0.0773. The highest BCUT2D eigenvalue weighted by molar-refractivity contribution is 7.95. The molecule has 1 heterocycles. The maximum absolute atomic E-state index is 11.3. The molecule has 0 aliphatic carbocycles. The van der Waals surface area contributed by atoms with Gasteiger partial charge < -0.3 is 0 Å². The number of hydrogen-bond acceptors (Lipinski definition) is 4. The first-order valence-electron chi connectivity index (χ1n) is 3.76. The maximum Gasteiger partial charge on any atom is 0.196 e. The van der Waals surface area contributed by atoms with Gasteiger partial charge in [0, 0.05) is 0 Å². The lowest BCUT2D eigenvalue weighted by Crippen LogP contribution is -2.10. The lowest BCUT2D eigenvalue weighted by Gasteiger charge is -2.04. The van der Waals surface area contributed by atoms with E-state index in [1.807, 2.05) is 13.8 Å². The van der Waals surface area contributed by atoms with Crippen LogP contribution in [-0.2, 0) is 9.84 Å². The molecule has 0 aromatic heterocycles. The maximum atomic E-state index is 11.3. The number of hydrogen-bond donors (Lipinski definition) is 0. The molecule has 4 nitrogen and oxygen atoms in total. The van der Waals surface area contributed by atoms with Crippen LogP contribution in [0, 0.1) is 0 Å². The molecule has 0 unspecified atom stereocenters. The van der Waals surface area contributed by atoms with Crippen LogP contribution in [0.15, 0.2) is 21.3 Å². The minimum atomic E-state index is -3.17. The third-order valence-corrected chi connectivity index (χ3v) is 3.18. The molecule has 0 spiro atoms. The van der Waals surface area contributed by atoms with Gasteiger partial charge in [0.2, 0.25) is 0 Å². The molecule has 0 aromatic rings. The lowest BCUT2D eigenvalue weighted by atomic mass is 10.1. The first-order chi connectivity index (χ1) is 5.37. The smallest absolute Gasteiger partial charge is 0.196 e. The molecule has 0 saturated carbocycles. The van der Waals surface area contributed by atoms with Crippen LogP contribution < -0.4 is 0 Å². The van der Waals surface area contributed by atoms with E-state index in [0.29, 0.717) is 0 Å². The van der Waals surface area contributed by atoms with Crippen LogP contribution in [0.4, 0.5) is 0 Å². The van der Waals surface area contributed by atoms with Crippen molar-refractivity contribution in [2.75, 3.05) is 5.75 Å². The fourth-order valence-corrected chi connectivity index (χ4v) is 1.77. The summed E-state index contributed by atoms with van der Waals surface area (Å²) >= 11 is 0. The zero-order valence-electron chi connectivity index (χ0n) is 7.40. The van der Waals surface area contributed by atoms with Crippen molar-refractivity contribution in [3.63, 3.8) is 0 Å². The zero-order valence-corrected chi connectivity index (χ0v) is 8.22. The van der Waals surface area contributed by atoms with Crippen molar-refractivity contribution in [2.45, 2.75) is 26.3 Å². The summed E-state index contributed by atoms with van der Waals surface area (Å²) in [5, 5.41) is 7.55. The van der Waals surface area contributed by atoms with Gasteiger partial charge in [0.1, 0.15) is 0 Å². The van der Waals surface area contributed by atoms with E-state index in [2.05, 4.69) is 10.2 Å². The van der Waals surface area contributed by atoms with E-state index in [1.165, 1.54) is 0 Å². The van der Waals surface area contributed by atoms with E-state index < -0.39 is 15.4 Å². The van der Waals surface area contributed by atoms with Crippen LogP contribution in [0.25, 0.3) is 0 Å². The highest BCUT2D eigenvalue weighted by atomic mass is 32.2. The normalized spacial score (nSPS) is 21.1. The molecule has 1 rings (SSSR count). The van der Waals surface area contributed by atoms with Crippen LogP contribution in [0.1, 0.15) is 20.8 Å². The minimum Gasteiger partial charge on any atom is -0.222 e. The molecule has 68 valence electrons. The Labute approximate surface area is 72.3 Å². The Bertz CT molecular complexity index is 338. The summed E-state index contributed by atoms with van der Waals surface area (Å²) in [6.07, 6.45) is 1.58. The fraction of sp³-hybridized carbons (Fsp3) is 0.714. The Hall–Kier alpha value is -0.710. The first-order valence-corrected chi connectivity index (χ1v) is 5.41. The molecular formula is C7H12N2O2S. The Morgan fingerprint density at radius 2 is 2.08 bits per heavy atom.